The van der Waals surface area contributed by atoms with E-state index in [9.17, 15) is 0 Å². The van der Waals surface area contributed by atoms with Crippen molar-refractivity contribution >= 4 is 0 Å². The third-order valence-corrected chi connectivity index (χ3v) is 11.6. The average Bonchev–Trinajstić information content (AvgIpc) is 3.43. The van der Waals surface area contributed by atoms with Crippen LogP contribution in [0.4, 0.5) is 0 Å². The Morgan fingerprint density at radius 2 is 1.85 bits per heavy atom. The summed E-state index contributed by atoms with van der Waals surface area (Å²) in [5, 5.41) is 20.6. The molecule has 4 fully saturated rings. The average molecular weight is 468 g/mol. The summed E-state index contributed by atoms with van der Waals surface area (Å²) in [7, 11) is 1.00. The number of aromatic nitrogens is 2. The van der Waals surface area contributed by atoms with E-state index in [1.807, 2.05) is 10.9 Å². The lowest BCUT2D eigenvalue weighted by atomic mass is 9.44. The normalized spacial score (nSPS) is 44.0. The van der Waals surface area contributed by atoms with Gasteiger partial charge in [-0.2, -0.15) is 10.4 Å². The molecule has 4 heteroatoms. The molecule has 0 aliphatic heterocycles. The smallest absolute Gasteiger partial charge is 0.102 e. The van der Waals surface area contributed by atoms with Gasteiger partial charge in [0.25, 0.3) is 0 Å². The fraction of sp³-hybridized carbons (Fsp3) is 0.867. The fourth-order valence-corrected chi connectivity index (χ4v) is 10.1. The van der Waals surface area contributed by atoms with E-state index in [0.717, 1.165) is 55.1 Å². The topological polar surface area (TPSA) is 61.8 Å². The van der Waals surface area contributed by atoms with Crippen LogP contribution in [0.2, 0.25) is 0 Å². The highest BCUT2D eigenvalue weighted by Crippen LogP contribution is 2.68. The van der Waals surface area contributed by atoms with E-state index in [4.69, 9.17) is 10.4 Å². The number of aliphatic hydroxyl groups excluding tert-OH is 1. The molecule has 4 aliphatic rings. The van der Waals surface area contributed by atoms with Crippen molar-refractivity contribution in [1.82, 2.24) is 9.78 Å². The molecule has 10 unspecified atom stereocenters. The van der Waals surface area contributed by atoms with Gasteiger partial charge in [0.05, 0.1) is 11.8 Å². The van der Waals surface area contributed by atoms with Crippen LogP contribution < -0.4 is 0 Å². The van der Waals surface area contributed by atoms with E-state index in [1.54, 1.807) is 6.20 Å². The summed E-state index contributed by atoms with van der Waals surface area (Å²) in [4.78, 5) is 0. The van der Waals surface area contributed by atoms with Gasteiger partial charge in [0, 0.05) is 19.9 Å². The number of fused-ring (bicyclic) bond motifs is 5. The van der Waals surface area contributed by atoms with Crippen LogP contribution in [0.25, 0.3) is 0 Å². The number of rotatable bonds is 4. The predicted molar refractivity (Wildman–Crippen MR) is 138 cm³/mol. The first kappa shape index (κ1) is 25.7. The molecule has 4 saturated carbocycles. The van der Waals surface area contributed by atoms with Gasteiger partial charge in [-0.15, -0.1) is 0 Å². The third kappa shape index (κ3) is 4.25. The Bertz CT molecular complexity index is 873. The van der Waals surface area contributed by atoms with Gasteiger partial charge in [-0.1, -0.05) is 41.0 Å². The first-order valence-electron chi connectivity index (χ1n) is 14.2. The zero-order valence-corrected chi connectivity index (χ0v) is 22.6. The van der Waals surface area contributed by atoms with Gasteiger partial charge in [0.1, 0.15) is 6.07 Å². The highest BCUT2D eigenvalue weighted by atomic mass is 16.2. The summed E-state index contributed by atoms with van der Waals surface area (Å²) >= 11 is 0. The highest BCUT2D eigenvalue weighted by molar-refractivity contribution is 5.21. The molecule has 5 rings (SSSR count). The lowest BCUT2D eigenvalue weighted by molar-refractivity contribution is -0.118. The van der Waals surface area contributed by atoms with Crippen molar-refractivity contribution in [3.05, 3.63) is 18.0 Å². The number of nitriles is 1. The lowest BCUT2D eigenvalue weighted by Gasteiger charge is -2.61. The van der Waals surface area contributed by atoms with Crippen LogP contribution in [0.3, 0.4) is 0 Å². The van der Waals surface area contributed by atoms with Gasteiger partial charge < -0.3 is 5.11 Å². The van der Waals surface area contributed by atoms with Crippen LogP contribution in [0, 0.1) is 69.5 Å². The van der Waals surface area contributed by atoms with Crippen molar-refractivity contribution in [3.63, 3.8) is 0 Å². The number of aliphatic hydroxyl groups is 1. The van der Waals surface area contributed by atoms with Gasteiger partial charge in [-0.25, -0.2) is 0 Å². The molecule has 1 N–H and O–H groups in total. The predicted octanol–water partition coefficient (Wildman–Crippen LogP) is 6.93. The Morgan fingerprint density at radius 3 is 2.53 bits per heavy atom. The molecule has 34 heavy (non-hydrogen) atoms. The molecule has 0 bridgehead atoms. The molecule has 1 heterocycles. The largest absolute Gasteiger partial charge is 0.400 e. The molecule has 1 aromatic heterocycles. The Morgan fingerprint density at radius 1 is 1.15 bits per heavy atom. The van der Waals surface area contributed by atoms with Crippen LogP contribution in [-0.2, 0) is 6.54 Å². The van der Waals surface area contributed by atoms with E-state index >= 15 is 0 Å². The molecular weight excluding hydrogens is 418 g/mol. The van der Waals surface area contributed by atoms with Crippen molar-refractivity contribution < 1.29 is 5.11 Å². The van der Waals surface area contributed by atoms with Crippen molar-refractivity contribution in [2.24, 2.45) is 58.2 Å². The van der Waals surface area contributed by atoms with Crippen LogP contribution in [0.5, 0.6) is 0 Å². The standard InChI is InChI=1S/C29H45N3.CH4O/c1-6-22-13-27-24-10-12-29(5)25(20(3)17-32-18-21(15-30)16-31-32)7-8-26(29)23(24)9-11-28(27,4)14-19(22)2;1-2/h16,18-20,22-27H,6-14,17H2,1-5H3;2H,1H3. The zero-order valence-electron chi connectivity index (χ0n) is 22.6. The molecule has 0 saturated heterocycles. The van der Waals surface area contributed by atoms with E-state index in [-0.39, 0.29) is 0 Å². The monoisotopic (exact) mass is 467 g/mol. The van der Waals surface area contributed by atoms with E-state index in [1.165, 1.54) is 57.8 Å². The molecular formula is C30H49N3O. The van der Waals surface area contributed by atoms with Crippen molar-refractivity contribution in [1.29, 1.82) is 5.26 Å². The Hall–Kier alpha value is -1.34. The maximum Gasteiger partial charge on any atom is 0.102 e. The second-order valence-corrected chi connectivity index (χ2v) is 13.1. The van der Waals surface area contributed by atoms with Crippen molar-refractivity contribution in [2.75, 3.05) is 7.11 Å². The van der Waals surface area contributed by atoms with Crippen LogP contribution in [0.1, 0.15) is 98.0 Å². The maximum absolute atomic E-state index is 9.15. The quantitative estimate of drug-likeness (QED) is 0.522. The molecule has 0 radical (unpaired) electrons. The third-order valence-electron chi connectivity index (χ3n) is 11.6. The van der Waals surface area contributed by atoms with Gasteiger partial charge >= 0.3 is 0 Å². The summed E-state index contributed by atoms with van der Waals surface area (Å²) in [5.41, 5.74) is 1.81. The Kier molecular flexibility index (Phi) is 7.54. The summed E-state index contributed by atoms with van der Waals surface area (Å²) in [6.45, 7) is 13.7. The second kappa shape index (κ2) is 9.96. The van der Waals surface area contributed by atoms with Gasteiger partial charge in [-0.05, 0) is 110 Å². The minimum Gasteiger partial charge on any atom is -0.400 e. The number of hydrogen-bond acceptors (Lipinski definition) is 3. The van der Waals surface area contributed by atoms with E-state index in [2.05, 4.69) is 45.8 Å². The molecule has 0 spiro atoms. The fourth-order valence-electron chi connectivity index (χ4n) is 10.1. The van der Waals surface area contributed by atoms with Gasteiger partial charge in [-0.3, -0.25) is 4.68 Å². The molecule has 0 aromatic carbocycles. The number of hydrogen-bond donors (Lipinski definition) is 1. The van der Waals surface area contributed by atoms with Gasteiger partial charge in [0.2, 0.25) is 0 Å². The Balaban J connectivity index is 0.00000133. The summed E-state index contributed by atoms with van der Waals surface area (Å²) in [5.74, 6) is 7.20. The van der Waals surface area contributed by atoms with Crippen LogP contribution in [-0.4, -0.2) is 22.0 Å². The minimum atomic E-state index is 0.506. The molecule has 1 aromatic rings. The number of nitrogens with zero attached hydrogens (tertiary/aromatic N) is 3. The summed E-state index contributed by atoms with van der Waals surface area (Å²) in [6, 6.07) is 2.23. The minimum absolute atomic E-state index is 0.506. The van der Waals surface area contributed by atoms with Crippen LogP contribution in [0.15, 0.2) is 12.4 Å². The lowest BCUT2D eigenvalue weighted by Crippen LogP contribution is -2.53. The van der Waals surface area contributed by atoms with Crippen molar-refractivity contribution in [2.45, 2.75) is 99.0 Å². The molecule has 0 amide bonds. The zero-order chi connectivity index (χ0) is 24.7. The second-order valence-electron chi connectivity index (χ2n) is 13.1. The molecule has 4 nitrogen and oxygen atoms in total. The Labute approximate surface area is 208 Å². The SMILES string of the molecule is CCC1CC2C3CCC4(C)C(C(C)Cn5cc(C#N)cn5)CCC4C3CCC2(C)CC1C.CO. The highest BCUT2D eigenvalue weighted by Gasteiger charge is 2.60. The van der Waals surface area contributed by atoms with E-state index in [0.29, 0.717) is 22.3 Å². The first-order chi connectivity index (χ1) is 16.3. The van der Waals surface area contributed by atoms with Gasteiger partial charge in [0.15, 0.2) is 0 Å². The molecule has 10 atom stereocenters. The molecule has 190 valence electrons. The maximum atomic E-state index is 9.15. The van der Waals surface area contributed by atoms with Crippen molar-refractivity contribution in [3.8, 4) is 6.07 Å². The van der Waals surface area contributed by atoms with E-state index < -0.39 is 0 Å². The summed E-state index contributed by atoms with van der Waals surface area (Å²) in [6.07, 6.45) is 16.8. The summed E-state index contributed by atoms with van der Waals surface area (Å²) < 4.78 is 2.02. The van der Waals surface area contributed by atoms with Crippen LogP contribution >= 0.6 is 0 Å². The first-order valence-corrected chi connectivity index (χ1v) is 14.2. The molecule has 4 aliphatic carbocycles.